The molecule has 186 valence electrons. The zero-order valence-corrected chi connectivity index (χ0v) is 19.5. The van der Waals surface area contributed by atoms with Gasteiger partial charge in [0.2, 0.25) is 5.88 Å². The van der Waals surface area contributed by atoms with Crippen LogP contribution in [0.3, 0.4) is 0 Å². The number of ether oxygens (including phenoxy) is 2. The van der Waals surface area contributed by atoms with E-state index in [1.54, 1.807) is 4.72 Å². The minimum atomic E-state index is -4.39. The van der Waals surface area contributed by atoms with E-state index in [1.165, 1.54) is 6.07 Å². The van der Waals surface area contributed by atoms with Crippen molar-refractivity contribution in [2.75, 3.05) is 19.7 Å². The van der Waals surface area contributed by atoms with E-state index in [-0.39, 0.29) is 46.9 Å². The Hall–Kier alpha value is -2.35. The van der Waals surface area contributed by atoms with Crippen molar-refractivity contribution in [3.63, 3.8) is 0 Å². The second kappa shape index (κ2) is 10.5. The average Bonchev–Trinajstić information content (AvgIpc) is 2.66. The molecule has 1 aliphatic heterocycles. The fourth-order valence-corrected chi connectivity index (χ4v) is 4.30. The van der Waals surface area contributed by atoms with E-state index in [9.17, 15) is 30.8 Å². The second-order valence-electron chi connectivity index (χ2n) is 7.07. The summed E-state index contributed by atoms with van der Waals surface area (Å²) in [5, 5.41) is -0.175. The lowest BCUT2D eigenvalue weighted by Gasteiger charge is -2.29. The smallest absolute Gasteiger partial charge is 0.392 e. The molecule has 0 atom stereocenters. The van der Waals surface area contributed by atoms with Gasteiger partial charge in [-0.15, -0.1) is 0 Å². The molecular weight excluding hydrogens is 529 g/mol. The van der Waals surface area contributed by atoms with E-state index in [0.29, 0.717) is 6.42 Å². The summed E-state index contributed by atoms with van der Waals surface area (Å²) < 4.78 is 88.2. The number of carbonyl (C=O) groups is 1. The molecule has 0 bridgehead atoms. The SMILES string of the molecule is O=C(NS(=O)(=O)N1CCC1)c1cc(Cl)c(COc2cnc(OCCC(F)(F)F)c(Cl)c2)cc1F. The average molecular weight is 546 g/mol. The van der Waals surface area contributed by atoms with Gasteiger partial charge in [-0.05, 0) is 18.6 Å². The predicted octanol–water partition coefficient (Wildman–Crippen LogP) is 4.12. The molecule has 2 heterocycles. The van der Waals surface area contributed by atoms with Crippen LogP contribution in [-0.2, 0) is 16.8 Å². The maximum atomic E-state index is 14.5. The summed E-state index contributed by atoms with van der Waals surface area (Å²) in [7, 11) is -4.06. The quantitative estimate of drug-likeness (QED) is 0.476. The Bertz CT molecular complexity index is 1180. The Balaban J connectivity index is 1.62. The number of rotatable bonds is 9. The highest BCUT2D eigenvalue weighted by Gasteiger charge is 2.30. The summed E-state index contributed by atoms with van der Waals surface area (Å²) >= 11 is 12.0. The fourth-order valence-electron chi connectivity index (χ4n) is 2.65. The summed E-state index contributed by atoms with van der Waals surface area (Å²) in [5.74, 6) is -2.32. The first kappa shape index (κ1) is 26.3. The van der Waals surface area contributed by atoms with E-state index in [0.717, 1.165) is 22.6 Å². The zero-order valence-electron chi connectivity index (χ0n) is 17.2. The van der Waals surface area contributed by atoms with Gasteiger partial charge in [-0.1, -0.05) is 23.2 Å². The third kappa shape index (κ3) is 6.84. The van der Waals surface area contributed by atoms with E-state index in [1.807, 2.05) is 0 Å². The van der Waals surface area contributed by atoms with Crippen molar-refractivity contribution in [2.24, 2.45) is 0 Å². The van der Waals surface area contributed by atoms with E-state index >= 15 is 0 Å². The van der Waals surface area contributed by atoms with Crippen LogP contribution >= 0.6 is 23.2 Å². The van der Waals surface area contributed by atoms with Crippen molar-refractivity contribution < 1.29 is 40.2 Å². The van der Waals surface area contributed by atoms with Gasteiger partial charge in [-0.2, -0.15) is 25.9 Å². The van der Waals surface area contributed by atoms with Gasteiger partial charge in [0, 0.05) is 29.7 Å². The normalized spacial score (nSPS) is 14.4. The lowest BCUT2D eigenvalue weighted by atomic mass is 10.1. The number of hydrogen-bond acceptors (Lipinski definition) is 6. The molecule has 1 aromatic heterocycles. The Kier molecular flexibility index (Phi) is 8.11. The van der Waals surface area contributed by atoms with Crippen LogP contribution in [0.25, 0.3) is 0 Å². The molecule has 0 saturated carbocycles. The summed E-state index contributed by atoms with van der Waals surface area (Å²) in [6.07, 6.45) is -3.76. The first-order valence-corrected chi connectivity index (χ1v) is 11.8. The largest absolute Gasteiger partial charge is 0.487 e. The molecule has 0 aliphatic carbocycles. The van der Waals surface area contributed by atoms with Gasteiger partial charge < -0.3 is 9.47 Å². The molecule has 3 rings (SSSR count). The molecule has 34 heavy (non-hydrogen) atoms. The number of benzene rings is 1. The van der Waals surface area contributed by atoms with Gasteiger partial charge in [0.1, 0.15) is 23.2 Å². The van der Waals surface area contributed by atoms with Crippen LogP contribution in [0.4, 0.5) is 17.6 Å². The molecule has 1 N–H and O–H groups in total. The van der Waals surface area contributed by atoms with Crippen molar-refractivity contribution in [2.45, 2.75) is 25.6 Å². The van der Waals surface area contributed by atoms with Crippen molar-refractivity contribution in [1.29, 1.82) is 0 Å². The van der Waals surface area contributed by atoms with Crippen LogP contribution in [0.5, 0.6) is 11.6 Å². The van der Waals surface area contributed by atoms with Gasteiger partial charge in [-0.3, -0.25) is 4.79 Å². The lowest BCUT2D eigenvalue weighted by Crippen LogP contribution is -2.49. The Morgan fingerprint density at radius 2 is 1.85 bits per heavy atom. The summed E-state index contributed by atoms with van der Waals surface area (Å²) in [4.78, 5) is 16.0. The van der Waals surface area contributed by atoms with E-state index < -0.39 is 46.7 Å². The van der Waals surface area contributed by atoms with Gasteiger partial charge >= 0.3 is 16.4 Å². The van der Waals surface area contributed by atoms with Gasteiger partial charge in [-0.25, -0.2) is 14.1 Å². The van der Waals surface area contributed by atoms with Crippen LogP contribution in [0.1, 0.15) is 28.8 Å². The maximum Gasteiger partial charge on any atom is 0.392 e. The van der Waals surface area contributed by atoms with Crippen molar-refractivity contribution in [3.05, 3.63) is 51.4 Å². The lowest BCUT2D eigenvalue weighted by molar-refractivity contribution is -0.139. The van der Waals surface area contributed by atoms with Crippen LogP contribution < -0.4 is 14.2 Å². The molecular formula is C19H17Cl2F4N3O5S. The molecule has 2 aromatic rings. The molecule has 0 unspecified atom stereocenters. The molecule has 0 spiro atoms. The molecule has 1 aliphatic rings. The minimum absolute atomic E-state index is 0.0703. The molecule has 1 amide bonds. The van der Waals surface area contributed by atoms with Gasteiger partial charge in [0.05, 0.1) is 24.8 Å². The second-order valence-corrected chi connectivity index (χ2v) is 9.56. The van der Waals surface area contributed by atoms with Crippen molar-refractivity contribution in [1.82, 2.24) is 14.0 Å². The first-order valence-electron chi connectivity index (χ1n) is 9.64. The van der Waals surface area contributed by atoms with Gasteiger partial charge in [0.25, 0.3) is 5.91 Å². The van der Waals surface area contributed by atoms with Gasteiger partial charge in [0.15, 0.2) is 0 Å². The number of carbonyl (C=O) groups excluding carboxylic acids is 1. The van der Waals surface area contributed by atoms with Crippen LogP contribution in [-0.4, -0.2) is 49.5 Å². The fraction of sp³-hybridized carbons (Fsp3) is 0.368. The van der Waals surface area contributed by atoms with Crippen LogP contribution in [0, 0.1) is 5.82 Å². The topological polar surface area (TPSA) is 97.8 Å². The highest BCUT2D eigenvalue weighted by molar-refractivity contribution is 7.87. The summed E-state index contributed by atoms with van der Waals surface area (Å²) in [6.45, 7) is -0.413. The van der Waals surface area contributed by atoms with Crippen LogP contribution in [0.15, 0.2) is 24.4 Å². The highest BCUT2D eigenvalue weighted by Crippen LogP contribution is 2.29. The minimum Gasteiger partial charge on any atom is -0.487 e. The molecule has 15 heteroatoms. The number of nitrogens with zero attached hydrogens (tertiary/aromatic N) is 2. The molecule has 1 aromatic carbocycles. The standard InChI is InChI=1S/C19H17Cl2F4N3O5S/c20-14-8-13(17(29)27-34(30,31)28-3-1-4-28)16(22)6-11(14)10-33-12-7-15(21)18(26-9-12)32-5-2-19(23,24)25/h6-9H,1-5,10H2,(H,27,29). The summed E-state index contributed by atoms with van der Waals surface area (Å²) in [5.41, 5.74) is -0.439. The summed E-state index contributed by atoms with van der Waals surface area (Å²) in [6, 6.07) is 3.13. The monoisotopic (exact) mass is 545 g/mol. The Morgan fingerprint density at radius 3 is 2.44 bits per heavy atom. The first-order chi connectivity index (χ1) is 15.9. The Labute approximate surface area is 201 Å². The van der Waals surface area contributed by atoms with Crippen molar-refractivity contribution >= 4 is 39.3 Å². The predicted molar refractivity (Wildman–Crippen MR) is 114 cm³/mol. The van der Waals surface area contributed by atoms with Crippen molar-refractivity contribution in [3.8, 4) is 11.6 Å². The molecule has 0 radical (unpaired) electrons. The van der Waals surface area contributed by atoms with E-state index in [4.69, 9.17) is 32.7 Å². The number of halogens is 6. The number of pyridine rings is 1. The third-order valence-corrected chi connectivity index (χ3v) is 6.67. The number of nitrogens with one attached hydrogen (secondary N) is 1. The van der Waals surface area contributed by atoms with E-state index in [2.05, 4.69) is 4.98 Å². The number of aromatic nitrogens is 1. The number of hydrogen-bond donors (Lipinski definition) is 1. The number of alkyl halides is 3. The number of amides is 1. The highest BCUT2D eigenvalue weighted by atomic mass is 35.5. The maximum absolute atomic E-state index is 14.5. The Morgan fingerprint density at radius 1 is 1.15 bits per heavy atom. The molecule has 1 fully saturated rings. The zero-order chi connectivity index (χ0) is 25.1. The molecule has 8 nitrogen and oxygen atoms in total. The van der Waals surface area contributed by atoms with Crippen LogP contribution in [0.2, 0.25) is 10.0 Å². The third-order valence-electron chi connectivity index (χ3n) is 4.56. The molecule has 1 saturated heterocycles.